The first-order chi connectivity index (χ1) is 16.1. The molecule has 1 saturated heterocycles. The van der Waals surface area contributed by atoms with Crippen LogP contribution in [0, 0.1) is 6.57 Å². The molecule has 0 spiro atoms. The summed E-state index contributed by atoms with van der Waals surface area (Å²) in [6.07, 6.45) is 8.53. The molecule has 1 fully saturated rings. The van der Waals surface area contributed by atoms with Gasteiger partial charge in [0.25, 0.3) is 0 Å². The summed E-state index contributed by atoms with van der Waals surface area (Å²) in [5.41, 5.74) is 4.79. The Morgan fingerprint density at radius 3 is 2.64 bits per heavy atom. The van der Waals surface area contributed by atoms with Crippen molar-refractivity contribution in [2.75, 3.05) is 20.1 Å². The molecule has 2 aliphatic rings. The van der Waals surface area contributed by atoms with E-state index in [1.165, 1.54) is 35.7 Å². The fraction of sp³-hybridized carbons (Fsp3) is 0.391. The molecule has 0 bridgehead atoms. The number of hydrogen-bond donors (Lipinski definition) is 3. The van der Waals surface area contributed by atoms with E-state index >= 15 is 0 Å². The van der Waals surface area contributed by atoms with E-state index in [9.17, 15) is 4.79 Å². The molecule has 1 aromatic carbocycles. The van der Waals surface area contributed by atoms with Gasteiger partial charge in [0.1, 0.15) is 0 Å². The molecule has 2 heterocycles. The van der Waals surface area contributed by atoms with Crippen molar-refractivity contribution < 1.29 is 13.2 Å². The molecule has 0 atom stereocenters. The Morgan fingerprint density at radius 1 is 1.27 bits per heavy atom. The number of ketones is 1. The maximum atomic E-state index is 12.8. The van der Waals surface area contributed by atoms with Crippen molar-refractivity contribution in [2.45, 2.75) is 38.0 Å². The zero-order chi connectivity index (χ0) is 23.6. The Labute approximate surface area is 196 Å². The molecule has 0 amide bonds. The van der Waals surface area contributed by atoms with Crippen molar-refractivity contribution in [2.24, 2.45) is 4.99 Å². The fourth-order valence-corrected chi connectivity index (χ4v) is 4.12. The van der Waals surface area contributed by atoms with E-state index in [0.29, 0.717) is 5.92 Å². The molecule has 3 N–H and O–H groups in total. The standard InChI is InChI=1S/C23H26N6O.O2S/c1-24-21-14-26-22(29-21)20(30)11-17-9-8-16(18-12-27-23(25-2)28-13-18)10-19(17)15-6-4-3-5-7-15;1-3-2/h6,8-10,14,18H,3-5,7,11-13H2,2H3,(H,26,29)(H2,25,27,28);. The van der Waals surface area contributed by atoms with Crippen LogP contribution in [0.3, 0.4) is 0 Å². The maximum absolute atomic E-state index is 12.8. The van der Waals surface area contributed by atoms with Gasteiger partial charge in [0.15, 0.2) is 5.96 Å². The van der Waals surface area contributed by atoms with Crippen LogP contribution in [0.4, 0.5) is 5.82 Å². The van der Waals surface area contributed by atoms with E-state index in [4.69, 9.17) is 15.0 Å². The number of nitrogens with zero attached hydrogens (tertiary/aromatic N) is 3. The fourth-order valence-electron chi connectivity index (χ4n) is 4.12. The highest BCUT2D eigenvalue weighted by Gasteiger charge is 2.22. The van der Waals surface area contributed by atoms with Crippen molar-refractivity contribution in [1.29, 1.82) is 0 Å². The van der Waals surface area contributed by atoms with Gasteiger partial charge in [-0.3, -0.25) is 14.8 Å². The molecule has 1 aromatic heterocycles. The van der Waals surface area contributed by atoms with Crippen molar-refractivity contribution >= 4 is 34.7 Å². The molecule has 9 nitrogen and oxygen atoms in total. The third-order valence-corrected chi connectivity index (χ3v) is 5.80. The van der Waals surface area contributed by atoms with Crippen LogP contribution in [-0.4, -0.2) is 50.3 Å². The summed E-state index contributed by atoms with van der Waals surface area (Å²) in [7, 11) is 1.77. The first kappa shape index (κ1) is 24.1. The van der Waals surface area contributed by atoms with E-state index in [0.717, 1.165) is 37.5 Å². The third kappa shape index (κ3) is 6.23. The smallest absolute Gasteiger partial charge is 0.335 e. The average molecular weight is 467 g/mol. The Balaban J connectivity index is 0.000000968. The second kappa shape index (κ2) is 11.9. The molecule has 0 saturated carbocycles. The first-order valence-electron chi connectivity index (χ1n) is 10.7. The number of H-pyrrole nitrogens is 1. The molecular formula is C23H26N6O3S. The van der Waals surface area contributed by atoms with Crippen molar-refractivity contribution in [3.8, 4) is 0 Å². The molecular weight excluding hydrogens is 440 g/mol. The summed E-state index contributed by atoms with van der Waals surface area (Å²) in [6, 6.07) is 6.47. The lowest BCUT2D eigenvalue weighted by Gasteiger charge is -2.27. The van der Waals surface area contributed by atoms with E-state index in [-0.39, 0.29) is 23.8 Å². The van der Waals surface area contributed by atoms with Gasteiger partial charge in [-0.15, -0.1) is 0 Å². The SMILES string of the molecule is O=S=O.[C-]#[N+]c1cnc(C(=O)Cc2ccc(C3CNC(=NC)NC3)cc2C2=CCCCC2)[nH]1. The van der Waals surface area contributed by atoms with Crippen LogP contribution >= 0.6 is 0 Å². The van der Waals surface area contributed by atoms with Crippen LogP contribution in [0.1, 0.15) is 58.9 Å². The number of carbonyl (C=O) groups is 1. The van der Waals surface area contributed by atoms with Crippen LogP contribution in [-0.2, 0) is 18.0 Å². The van der Waals surface area contributed by atoms with Gasteiger partial charge in [-0.05, 0) is 47.9 Å². The Bertz CT molecular complexity index is 1130. The number of allylic oxidation sites excluding steroid dienone is 2. The minimum Gasteiger partial charge on any atom is -0.363 e. The van der Waals surface area contributed by atoms with Crippen LogP contribution < -0.4 is 10.6 Å². The zero-order valence-electron chi connectivity index (χ0n) is 18.4. The van der Waals surface area contributed by atoms with Gasteiger partial charge >= 0.3 is 11.6 Å². The largest absolute Gasteiger partial charge is 0.363 e. The number of benzene rings is 1. The Morgan fingerprint density at radius 2 is 2.03 bits per heavy atom. The molecule has 172 valence electrons. The second-order valence-electron chi connectivity index (χ2n) is 7.82. The molecule has 1 aliphatic carbocycles. The quantitative estimate of drug-likeness (QED) is 0.460. The minimum absolute atomic E-state index is 0.0971. The number of imidazole rings is 1. The second-order valence-corrected chi connectivity index (χ2v) is 7.96. The number of aliphatic imine (C=N–C) groups is 1. The number of guanidine groups is 1. The first-order valence-corrected chi connectivity index (χ1v) is 11.4. The van der Waals surface area contributed by atoms with Crippen molar-refractivity contribution in [3.63, 3.8) is 0 Å². The van der Waals surface area contributed by atoms with Gasteiger partial charge in [-0.1, -0.05) is 30.8 Å². The Kier molecular flexibility index (Phi) is 8.66. The number of carbonyl (C=O) groups excluding carboxylic acids is 1. The van der Waals surface area contributed by atoms with Crippen molar-refractivity contribution in [1.82, 2.24) is 20.6 Å². The highest BCUT2D eigenvalue weighted by atomic mass is 32.1. The Hall–Kier alpha value is -3.58. The molecule has 33 heavy (non-hydrogen) atoms. The van der Waals surface area contributed by atoms with Gasteiger partial charge < -0.3 is 15.5 Å². The summed E-state index contributed by atoms with van der Waals surface area (Å²) in [5.74, 6) is 1.62. The van der Waals surface area contributed by atoms with Crippen LogP contribution in [0.25, 0.3) is 10.4 Å². The highest BCUT2D eigenvalue weighted by molar-refractivity contribution is 7.51. The molecule has 10 heteroatoms. The third-order valence-electron chi connectivity index (χ3n) is 5.80. The molecule has 4 rings (SSSR count). The monoisotopic (exact) mass is 466 g/mol. The van der Waals surface area contributed by atoms with Gasteiger partial charge in [0.2, 0.25) is 17.4 Å². The number of hydrogen-bond acceptors (Lipinski definition) is 5. The number of aromatic amines is 1. The van der Waals surface area contributed by atoms with Crippen molar-refractivity contribution in [3.05, 3.63) is 64.4 Å². The predicted molar refractivity (Wildman–Crippen MR) is 127 cm³/mol. The summed E-state index contributed by atoms with van der Waals surface area (Å²) < 4.78 is 16.6. The van der Waals surface area contributed by atoms with Gasteiger partial charge in [0.05, 0.1) is 6.20 Å². The number of rotatable bonds is 5. The highest BCUT2D eigenvalue weighted by Crippen LogP contribution is 2.32. The van der Waals surface area contributed by atoms with E-state index in [1.54, 1.807) is 7.05 Å². The van der Waals surface area contributed by atoms with Gasteiger partial charge in [-0.2, -0.15) is 8.42 Å². The molecule has 1 aliphatic heterocycles. The maximum Gasteiger partial charge on any atom is 0.335 e. The lowest BCUT2D eigenvalue weighted by Crippen LogP contribution is -2.48. The average Bonchev–Trinajstić information content (AvgIpc) is 3.35. The molecule has 0 radical (unpaired) electrons. The minimum atomic E-state index is -0.750. The summed E-state index contributed by atoms with van der Waals surface area (Å²) in [5, 5.41) is 6.65. The number of Topliss-reactive ketones (excluding diaryl/α,β-unsaturated/α-hetero) is 1. The summed E-state index contributed by atoms with van der Waals surface area (Å²) in [6.45, 7) is 8.72. The normalized spacial score (nSPS) is 17.3. The lowest BCUT2D eigenvalue weighted by molar-refractivity contribution is 0.0984. The molecule has 0 unspecified atom stereocenters. The zero-order valence-corrected chi connectivity index (χ0v) is 19.2. The predicted octanol–water partition coefficient (Wildman–Crippen LogP) is 2.94. The van der Waals surface area contributed by atoms with Crippen LogP contribution in [0.15, 0.2) is 35.5 Å². The topological polar surface area (TPSA) is 121 Å². The van der Waals surface area contributed by atoms with Gasteiger partial charge in [0, 0.05) is 32.5 Å². The van der Waals surface area contributed by atoms with Crippen LogP contribution in [0.5, 0.6) is 0 Å². The lowest BCUT2D eigenvalue weighted by atomic mass is 9.85. The number of aromatic nitrogens is 2. The van der Waals surface area contributed by atoms with E-state index < -0.39 is 11.6 Å². The summed E-state index contributed by atoms with van der Waals surface area (Å²) >= 11 is -0.750. The van der Waals surface area contributed by atoms with Gasteiger partial charge in [-0.25, -0.2) is 4.98 Å². The number of nitrogens with one attached hydrogen (secondary N) is 3. The van der Waals surface area contributed by atoms with E-state index in [2.05, 4.69) is 54.7 Å². The molecule has 2 aromatic rings. The van der Waals surface area contributed by atoms with E-state index in [1.807, 2.05) is 0 Å². The summed E-state index contributed by atoms with van der Waals surface area (Å²) in [4.78, 5) is 27.1. The van der Waals surface area contributed by atoms with Crippen LogP contribution in [0.2, 0.25) is 0 Å².